The van der Waals surface area contributed by atoms with Crippen molar-refractivity contribution >= 4 is 45.1 Å². The molecule has 23 heavy (non-hydrogen) atoms. The monoisotopic (exact) mass is 415 g/mol. The van der Waals surface area contributed by atoms with E-state index in [4.69, 9.17) is 0 Å². The van der Waals surface area contributed by atoms with Crippen LogP contribution in [0.3, 0.4) is 0 Å². The van der Waals surface area contributed by atoms with Gasteiger partial charge in [-0.25, -0.2) is 0 Å². The molecule has 0 saturated heterocycles. The van der Waals surface area contributed by atoms with Crippen molar-refractivity contribution in [3.8, 4) is 0 Å². The fourth-order valence-corrected chi connectivity index (χ4v) is 4.50. The van der Waals surface area contributed by atoms with Gasteiger partial charge in [0.2, 0.25) is 5.91 Å². The number of aryl methyl sites for hydroxylation is 1. The number of carbonyl (C=O) groups is 1. The van der Waals surface area contributed by atoms with Crippen molar-refractivity contribution in [2.45, 2.75) is 24.7 Å². The predicted octanol–water partition coefficient (Wildman–Crippen LogP) is 3.85. The molecular weight excluding hydrogens is 401 g/mol. The van der Waals surface area contributed by atoms with Crippen LogP contribution in [-0.2, 0) is 10.2 Å². The molecule has 1 fully saturated rings. The first-order chi connectivity index (χ1) is 11.1. The number of hydrogen-bond acceptors (Lipinski definition) is 2. The van der Waals surface area contributed by atoms with Crippen molar-refractivity contribution in [1.82, 2.24) is 10.2 Å². The van der Waals surface area contributed by atoms with Gasteiger partial charge in [0.15, 0.2) is 0 Å². The zero-order valence-electron chi connectivity index (χ0n) is 12.5. The van der Waals surface area contributed by atoms with Crippen molar-refractivity contribution in [2.24, 2.45) is 0 Å². The van der Waals surface area contributed by atoms with E-state index in [2.05, 4.69) is 69.3 Å². The second kappa shape index (κ2) is 4.35. The molecule has 114 valence electrons. The van der Waals surface area contributed by atoms with Crippen LogP contribution in [0, 0.1) is 10.6 Å². The summed E-state index contributed by atoms with van der Waals surface area (Å²) in [7, 11) is 0. The summed E-state index contributed by atoms with van der Waals surface area (Å²) in [5, 5.41) is 11.6. The minimum atomic E-state index is -0.376. The highest BCUT2D eigenvalue weighted by molar-refractivity contribution is 14.1. The number of anilines is 1. The smallest absolute Gasteiger partial charge is 0.235 e. The van der Waals surface area contributed by atoms with E-state index >= 15 is 0 Å². The molecule has 2 N–H and O–H groups in total. The number of nitrogens with zero attached hydrogens (tertiary/aromatic N) is 1. The fraction of sp³-hybridized carbons (Fsp3) is 0.222. The number of halogens is 1. The lowest BCUT2D eigenvalue weighted by atomic mass is 9.91. The van der Waals surface area contributed by atoms with E-state index in [0.717, 1.165) is 32.3 Å². The van der Waals surface area contributed by atoms with Crippen LogP contribution in [0.4, 0.5) is 5.69 Å². The maximum atomic E-state index is 12.6. The Morgan fingerprint density at radius 1 is 1.26 bits per heavy atom. The molecule has 5 heteroatoms. The molecule has 2 aliphatic rings. The maximum absolute atomic E-state index is 12.6. The quantitative estimate of drug-likeness (QED) is 0.594. The van der Waals surface area contributed by atoms with Crippen LogP contribution in [0.25, 0.3) is 10.9 Å². The van der Waals surface area contributed by atoms with Crippen LogP contribution in [0.5, 0.6) is 0 Å². The SMILES string of the molecule is Cc1ccc2c(c1)[C@]1(CC1c1ccc3c(I)[nH]nc3c1)C(=O)N2. The molecule has 1 aliphatic heterocycles. The first-order valence-corrected chi connectivity index (χ1v) is 8.73. The minimum absolute atomic E-state index is 0.139. The number of rotatable bonds is 1. The Morgan fingerprint density at radius 3 is 3.00 bits per heavy atom. The Balaban J connectivity index is 1.62. The molecule has 3 aromatic rings. The number of amides is 1. The molecule has 1 amide bonds. The Kier molecular flexibility index (Phi) is 2.56. The van der Waals surface area contributed by atoms with Gasteiger partial charge in [0, 0.05) is 17.0 Å². The zero-order valence-corrected chi connectivity index (χ0v) is 14.6. The molecule has 1 spiro atoms. The van der Waals surface area contributed by atoms with Gasteiger partial charge in [-0.2, -0.15) is 5.10 Å². The number of nitrogens with one attached hydrogen (secondary N) is 2. The third-order valence-electron chi connectivity index (χ3n) is 5.21. The molecule has 2 heterocycles. The molecule has 1 aromatic heterocycles. The third kappa shape index (κ3) is 1.71. The van der Waals surface area contributed by atoms with E-state index in [0.29, 0.717) is 0 Å². The second-order valence-corrected chi connectivity index (χ2v) is 7.62. The van der Waals surface area contributed by atoms with Crippen LogP contribution in [0.1, 0.15) is 29.0 Å². The van der Waals surface area contributed by atoms with Crippen molar-refractivity contribution in [2.75, 3.05) is 5.32 Å². The van der Waals surface area contributed by atoms with Crippen LogP contribution in [0.15, 0.2) is 36.4 Å². The molecule has 2 atom stereocenters. The summed E-state index contributed by atoms with van der Waals surface area (Å²) < 4.78 is 1.05. The van der Waals surface area contributed by atoms with Crippen molar-refractivity contribution in [1.29, 1.82) is 0 Å². The summed E-state index contributed by atoms with van der Waals surface area (Å²) in [5.74, 6) is 0.379. The Bertz CT molecular complexity index is 993. The number of fused-ring (bicyclic) bond motifs is 3. The zero-order chi connectivity index (χ0) is 15.8. The van der Waals surface area contributed by atoms with Gasteiger partial charge >= 0.3 is 0 Å². The van der Waals surface area contributed by atoms with E-state index in [1.807, 2.05) is 12.1 Å². The fourth-order valence-electron chi connectivity index (χ4n) is 3.92. The topological polar surface area (TPSA) is 57.8 Å². The summed E-state index contributed by atoms with van der Waals surface area (Å²) in [6.07, 6.45) is 0.877. The molecule has 1 aliphatic carbocycles. The Labute approximate surface area is 146 Å². The molecule has 2 aromatic carbocycles. The third-order valence-corrected chi connectivity index (χ3v) is 6.03. The number of benzene rings is 2. The number of carbonyl (C=O) groups excluding carboxylic acids is 1. The van der Waals surface area contributed by atoms with Crippen LogP contribution >= 0.6 is 22.6 Å². The van der Waals surface area contributed by atoms with Crippen molar-refractivity contribution in [3.63, 3.8) is 0 Å². The lowest BCUT2D eigenvalue weighted by molar-refractivity contribution is -0.118. The molecule has 1 unspecified atom stereocenters. The molecular formula is C18H14IN3O. The normalized spacial score (nSPS) is 25.0. The van der Waals surface area contributed by atoms with Crippen molar-refractivity contribution in [3.05, 3.63) is 56.8 Å². The first-order valence-electron chi connectivity index (χ1n) is 7.66. The van der Waals surface area contributed by atoms with Crippen LogP contribution in [0.2, 0.25) is 0 Å². The molecule has 5 rings (SSSR count). The highest BCUT2D eigenvalue weighted by Crippen LogP contribution is 2.65. The summed E-state index contributed by atoms with van der Waals surface area (Å²) in [6, 6.07) is 12.6. The highest BCUT2D eigenvalue weighted by atomic mass is 127. The Hall–Kier alpha value is -1.89. The van der Waals surface area contributed by atoms with E-state index < -0.39 is 0 Å². The number of aromatic amines is 1. The van der Waals surface area contributed by atoms with Gasteiger partial charge in [0.1, 0.15) is 3.70 Å². The van der Waals surface area contributed by atoms with Gasteiger partial charge in [0.05, 0.1) is 10.9 Å². The van der Waals surface area contributed by atoms with E-state index in [-0.39, 0.29) is 17.2 Å². The van der Waals surface area contributed by atoms with E-state index in [9.17, 15) is 4.79 Å². The average molecular weight is 415 g/mol. The summed E-state index contributed by atoms with van der Waals surface area (Å²) >= 11 is 2.25. The molecule has 0 bridgehead atoms. The largest absolute Gasteiger partial charge is 0.325 e. The van der Waals surface area contributed by atoms with Crippen LogP contribution < -0.4 is 5.32 Å². The standard InChI is InChI=1S/C18H14IN3O/c1-9-2-5-14-12(6-9)18(17(23)20-14)8-13(18)10-3-4-11-15(7-10)21-22-16(11)19/h2-7,13H,8H2,1H3,(H,20,23)(H,21,22)/t13?,18-/m0/s1. The highest BCUT2D eigenvalue weighted by Gasteiger charge is 2.65. The lowest BCUT2D eigenvalue weighted by Gasteiger charge is -2.09. The predicted molar refractivity (Wildman–Crippen MR) is 97.7 cm³/mol. The molecule has 1 saturated carbocycles. The first kappa shape index (κ1) is 13.5. The van der Waals surface area contributed by atoms with Crippen molar-refractivity contribution < 1.29 is 4.79 Å². The Morgan fingerprint density at radius 2 is 2.13 bits per heavy atom. The summed E-state index contributed by atoms with van der Waals surface area (Å²) in [4.78, 5) is 12.6. The molecule has 4 nitrogen and oxygen atoms in total. The number of hydrogen-bond donors (Lipinski definition) is 2. The van der Waals surface area contributed by atoms with E-state index in [1.165, 1.54) is 11.1 Å². The van der Waals surface area contributed by atoms with Gasteiger partial charge < -0.3 is 5.32 Å². The summed E-state index contributed by atoms with van der Waals surface area (Å²) in [6.45, 7) is 2.08. The van der Waals surface area contributed by atoms with Gasteiger partial charge in [-0.1, -0.05) is 23.8 Å². The van der Waals surface area contributed by atoms with Gasteiger partial charge in [0.25, 0.3) is 0 Å². The second-order valence-electron chi connectivity index (χ2n) is 6.55. The lowest BCUT2D eigenvalue weighted by Crippen LogP contribution is -2.21. The maximum Gasteiger partial charge on any atom is 0.235 e. The average Bonchev–Trinajstić information content (AvgIpc) is 3.12. The number of aromatic nitrogens is 2. The van der Waals surface area contributed by atoms with Gasteiger partial charge in [-0.15, -0.1) is 0 Å². The van der Waals surface area contributed by atoms with Gasteiger partial charge in [-0.3, -0.25) is 9.89 Å². The van der Waals surface area contributed by atoms with Crippen LogP contribution in [-0.4, -0.2) is 16.1 Å². The van der Waals surface area contributed by atoms with Gasteiger partial charge in [-0.05, 0) is 65.3 Å². The van der Waals surface area contributed by atoms with E-state index in [1.54, 1.807) is 0 Å². The summed E-state index contributed by atoms with van der Waals surface area (Å²) in [5.41, 5.74) is 5.12. The minimum Gasteiger partial charge on any atom is -0.325 e. The number of H-pyrrole nitrogens is 1. The molecule has 0 radical (unpaired) electrons.